The molecule has 0 aliphatic carbocycles. The van der Waals surface area contributed by atoms with Gasteiger partial charge in [-0.15, -0.1) is 11.3 Å². The summed E-state index contributed by atoms with van der Waals surface area (Å²) in [6.07, 6.45) is 7.19. The first-order chi connectivity index (χ1) is 12.2. The average Bonchev–Trinajstić information content (AvgIpc) is 3.05. The molecule has 0 saturated carbocycles. The van der Waals surface area contributed by atoms with E-state index in [0.29, 0.717) is 12.7 Å². The number of ether oxygens (including phenoxy) is 2. The molecule has 2 aliphatic rings. The molecule has 0 aromatic carbocycles. The summed E-state index contributed by atoms with van der Waals surface area (Å²) < 4.78 is 12.3. The number of thiazole rings is 1. The highest BCUT2D eigenvalue weighted by Gasteiger charge is 2.46. The molecule has 2 aliphatic heterocycles. The fraction of sp³-hybridized carbons (Fsp3) is 0.579. The number of hydrogen-bond donors (Lipinski definition) is 0. The first kappa shape index (κ1) is 16.9. The summed E-state index contributed by atoms with van der Waals surface area (Å²) in [6.45, 7) is 6.63. The number of fused-ring (bicyclic) bond motifs is 1. The number of rotatable bonds is 5. The number of nitrogens with zero attached hydrogens (tertiary/aromatic N) is 3. The predicted octanol–water partition coefficient (Wildman–Crippen LogP) is 3.30. The Morgan fingerprint density at radius 3 is 3.24 bits per heavy atom. The first-order valence-electron chi connectivity index (χ1n) is 9.01. The van der Waals surface area contributed by atoms with Crippen LogP contribution in [-0.4, -0.2) is 47.3 Å². The molecule has 134 valence electrons. The maximum atomic E-state index is 6.14. The highest BCUT2D eigenvalue weighted by atomic mass is 32.1. The monoisotopic (exact) mass is 359 g/mol. The minimum absolute atomic E-state index is 0.0669. The van der Waals surface area contributed by atoms with E-state index in [-0.39, 0.29) is 5.41 Å². The molecule has 2 unspecified atom stereocenters. The van der Waals surface area contributed by atoms with Gasteiger partial charge in [-0.3, -0.25) is 9.88 Å². The zero-order valence-corrected chi connectivity index (χ0v) is 15.5. The van der Waals surface area contributed by atoms with Gasteiger partial charge in [0.05, 0.1) is 29.6 Å². The molecule has 25 heavy (non-hydrogen) atoms. The van der Waals surface area contributed by atoms with Crippen molar-refractivity contribution in [3.63, 3.8) is 0 Å². The maximum absolute atomic E-state index is 6.14. The van der Waals surface area contributed by atoms with Crippen LogP contribution >= 0.6 is 11.3 Å². The molecular formula is C19H25N3O2S. The van der Waals surface area contributed by atoms with Crippen molar-refractivity contribution >= 4 is 11.3 Å². The van der Waals surface area contributed by atoms with E-state index >= 15 is 0 Å². The molecule has 6 heteroatoms. The Hall–Kier alpha value is -1.50. The summed E-state index contributed by atoms with van der Waals surface area (Å²) in [5.41, 5.74) is 1.25. The molecule has 2 saturated heterocycles. The second kappa shape index (κ2) is 7.40. The number of likely N-dealkylation sites (tertiary alicyclic amines) is 1. The Bertz CT molecular complexity index is 693. The van der Waals surface area contributed by atoms with Crippen LogP contribution in [0.5, 0.6) is 5.75 Å². The van der Waals surface area contributed by atoms with Gasteiger partial charge in [-0.2, -0.15) is 0 Å². The van der Waals surface area contributed by atoms with Gasteiger partial charge < -0.3 is 9.47 Å². The van der Waals surface area contributed by atoms with Crippen molar-refractivity contribution in [2.75, 3.05) is 26.3 Å². The topological polar surface area (TPSA) is 47.5 Å². The van der Waals surface area contributed by atoms with Gasteiger partial charge in [-0.25, -0.2) is 4.98 Å². The molecule has 4 heterocycles. The third-order valence-electron chi connectivity index (χ3n) is 5.28. The largest absolute Gasteiger partial charge is 0.491 e. The van der Waals surface area contributed by atoms with E-state index in [1.807, 2.05) is 12.1 Å². The Labute approximate surface area is 153 Å². The van der Waals surface area contributed by atoms with Crippen molar-refractivity contribution < 1.29 is 9.47 Å². The highest BCUT2D eigenvalue weighted by Crippen LogP contribution is 2.41. The molecule has 2 aromatic rings. The number of hydrogen-bond acceptors (Lipinski definition) is 6. The normalized spacial score (nSPS) is 27.0. The van der Waals surface area contributed by atoms with Crippen LogP contribution in [0.4, 0.5) is 0 Å². The molecule has 4 rings (SSSR count). The van der Waals surface area contributed by atoms with Crippen LogP contribution in [0.2, 0.25) is 0 Å². The van der Waals surface area contributed by atoms with Gasteiger partial charge in [-0.05, 0) is 38.3 Å². The lowest BCUT2D eigenvalue weighted by Crippen LogP contribution is -2.57. The van der Waals surface area contributed by atoms with E-state index in [4.69, 9.17) is 9.47 Å². The van der Waals surface area contributed by atoms with Crippen molar-refractivity contribution in [1.82, 2.24) is 14.9 Å². The van der Waals surface area contributed by atoms with Crippen LogP contribution in [0.15, 0.2) is 29.9 Å². The van der Waals surface area contributed by atoms with E-state index in [2.05, 4.69) is 27.2 Å². The number of aryl methyl sites for hydroxylation is 1. The summed E-state index contributed by atoms with van der Waals surface area (Å²) in [7, 11) is 0. The summed E-state index contributed by atoms with van der Waals surface area (Å²) in [5.74, 6) is 0.841. The van der Waals surface area contributed by atoms with Crippen molar-refractivity contribution in [1.29, 1.82) is 0 Å². The third-order valence-corrected chi connectivity index (χ3v) is 6.10. The van der Waals surface area contributed by atoms with E-state index in [9.17, 15) is 0 Å². The molecule has 0 N–H and O–H groups in total. The molecule has 0 bridgehead atoms. The summed E-state index contributed by atoms with van der Waals surface area (Å²) in [6, 6.07) is 3.89. The average molecular weight is 359 g/mol. The number of piperidine rings is 1. The molecule has 2 aromatic heterocycles. The van der Waals surface area contributed by atoms with E-state index < -0.39 is 0 Å². The van der Waals surface area contributed by atoms with Crippen molar-refractivity contribution in [2.24, 2.45) is 5.41 Å². The Morgan fingerprint density at radius 1 is 1.48 bits per heavy atom. The molecule has 5 nitrogen and oxygen atoms in total. The lowest BCUT2D eigenvalue weighted by molar-refractivity contribution is -0.141. The summed E-state index contributed by atoms with van der Waals surface area (Å²) in [5, 5.41) is 3.32. The van der Waals surface area contributed by atoms with Gasteiger partial charge in [0.1, 0.15) is 5.75 Å². The molecule has 0 spiro atoms. The lowest BCUT2D eigenvalue weighted by Gasteiger charge is -2.50. The quantitative estimate of drug-likeness (QED) is 0.820. The first-order valence-corrected chi connectivity index (χ1v) is 9.89. The Kier molecular flexibility index (Phi) is 5.01. The Balaban J connectivity index is 1.46. The van der Waals surface area contributed by atoms with Crippen LogP contribution < -0.4 is 4.74 Å². The predicted molar refractivity (Wildman–Crippen MR) is 97.9 cm³/mol. The van der Waals surface area contributed by atoms with Gasteiger partial charge in [0, 0.05) is 43.2 Å². The minimum Gasteiger partial charge on any atom is -0.491 e. The SMILES string of the molecule is Cc1nc(CN2CCC3OCCCC3(COc3cccnc3)C2)cs1. The van der Waals surface area contributed by atoms with Crippen LogP contribution in [0, 0.1) is 12.3 Å². The molecule has 0 radical (unpaired) electrons. The van der Waals surface area contributed by atoms with E-state index in [1.165, 1.54) is 5.69 Å². The number of pyridine rings is 1. The number of aromatic nitrogens is 2. The lowest BCUT2D eigenvalue weighted by atomic mass is 9.73. The summed E-state index contributed by atoms with van der Waals surface area (Å²) >= 11 is 1.73. The van der Waals surface area contributed by atoms with Crippen molar-refractivity contribution in [3.05, 3.63) is 40.6 Å². The molecular weight excluding hydrogens is 334 g/mol. The van der Waals surface area contributed by atoms with E-state index in [1.54, 1.807) is 23.7 Å². The zero-order chi connectivity index (χ0) is 17.1. The van der Waals surface area contributed by atoms with Gasteiger partial charge in [0.2, 0.25) is 0 Å². The van der Waals surface area contributed by atoms with Gasteiger partial charge in [0.15, 0.2) is 0 Å². The standard InChI is InChI=1S/C19H25N3O2S/c1-15-21-16(12-25-15)11-22-8-5-18-19(13-22,6-3-9-23-18)14-24-17-4-2-7-20-10-17/h2,4,7,10,12,18H,3,5-6,8-9,11,13-14H2,1H3. The fourth-order valence-corrected chi connectivity index (χ4v) is 4.70. The minimum atomic E-state index is 0.0669. The van der Waals surface area contributed by atoms with Gasteiger partial charge in [0.25, 0.3) is 0 Å². The van der Waals surface area contributed by atoms with Crippen LogP contribution in [0.1, 0.15) is 30.0 Å². The fourth-order valence-electron chi connectivity index (χ4n) is 4.10. The smallest absolute Gasteiger partial charge is 0.137 e. The molecule has 0 amide bonds. The molecule has 2 atom stereocenters. The second-order valence-corrected chi connectivity index (χ2v) is 8.22. The van der Waals surface area contributed by atoms with Crippen LogP contribution in [-0.2, 0) is 11.3 Å². The van der Waals surface area contributed by atoms with E-state index in [0.717, 1.165) is 56.3 Å². The Morgan fingerprint density at radius 2 is 2.44 bits per heavy atom. The van der Waals surface area contributed by atoms with Crippen LogP contribution in [0.3, 0.4) is 0 Å². The molecule has 2 fully saturated rings. The maximum Gasteiger partial charge on any atom is 0.137 e. The van der Waals surface area contributed by atoms with Crippen LogP contribution in [0.25, 0.3) is 0 Å². The van der Waals surface area contributed by atoms with Gasteiger partial charge in [-0.1, -0.05) is 0 Å². The van der Waals surface area contributed by atoms with Gasteiger partial charge >= 0.3 is 0 Å². The van der Waals surface area contributed by atoms with Crippen molar-refractivity contribution in [2.45, 2.75) is 38.8 Å². The zero-order valence-electron chi connectivity index (χ0n) is 14.7. The highest BCUT2D eigenvalue weighted by molar-refractivity contribution is 7.09. The second-order valence-electron chi connectivity index (χ2n) is 7.16. The third kappa shape index (κ3) is 3.86. The van der Waals surface area contributed by atoms with Crippen molar-refractivity contribution in [3.8, 4) is 5.75 Å². The summed E-state index contributed by atoms with van der Waals surface area (Å²) in [4.78, 5) is 11.3.